The van der Waals surface area contributed by atoms with Crippen molar-refractivity contribution in [1.82, 2.24) is 0 Å². The maximum absolute atomic E-state index is 12.3. The highest BCUT2D eigenvalue weighted by atomic mass is 19.4. The molecule has 13 heteroatoms. The molecule has 0 unspecified atom stereocenters. The largest absolute Gasteiger partial charge is 0.490 e. The molecule has 0 spiro atoms. The van der Waals surface area contributed by atoms with Crippen LogP contribution in [-0.2, 0) is 27.4 Å². The van der Waals surface area contributed by atoms with E-state index in [9.17, 15) is 27.6 Å². The zero-order chi connectivity index (χ0) is 29.9. The zero-order valence-electron chi connectivity index (χ0n) is 20.9. The Morgan fingerprint density at radius 3 is 1.98 bits per heavy atom. The van der Waals surface area contributed by atoms with Gasteiger partial charge in [0.25, 0.3) is 0 Å². The molecule has 10 nitrogen and oxygen atoms in total. The average Bonchev–Trinajstić information content (AvgIpc) is 3.36. The highest BCUT2D eigenvalue weighted by Gasteiger charge is 2.38. The van der Waals surface area contributed by atoms with Crippen molar-refractivity contribution >= 4 is 29.6 Å². The third-order valence-electron chi connectivity index (χ3n) is 5.36. The summed E-state index contributed by atoms with van der Waals surface area (Å²) in [5, 5.41) is 15.6. The topological polar surface area (TPSA) is 173 Å². The van der Waals surface area contributed by atoms with Gasteiger partial charge in [0, 0.05) is 12.1 Å². The van der Waals surface area contributed by atoms with Crippen LogP contribution in [0.5, 0.6) is 0 Å². The summed E-state index contributed by atoms with van der Waals surface area (Å²) in [6.07, 6.45) is -4.75. The quantitative estimate of drug-likeness (QED) is 0.363. The molecule has 0 aromatic heterocycles. The fraction of sp³-hybridized carbons (Fsp3) is 0.185. The molecular weight excluding hydrogens is 535 g/mol. The van der Waals surface area contributed by atoms with E-state index in [2.05, 4.69) is 0 Å². The first-order valence-electron chi connectivity index (χ1n) is 11.6. The lowest BCUT2D eigenvalue weighted by Gasteiger charge is -2.17. The van der Waals surface area contributed by atoms with Crippen molar-refractivity contribution in [3.05, 3.63) is 101 Å². The van der Waals surface area contributed by atoms with Crippen molar-refractivity contribution in [2.24, 2.45) is 11.5 Å². The molecule has 6 N–H and O–H groups in total. The van der Waals surface area contributed by atoms with E-state index in [0.29, 0.717) is 23.4 Å². The van der Waals surface area contributed by atoms with Crippen molar-refractivity contribution in [3.63, 3.8) is 0 Å². The summed E-state index contributed by atoms with van der Waals surface area (Å²) in [5.41, 5.74) is 14.3. The molecule has 212 valence electrons. The maximum atomic E-state index is 12.3. The summed E-state index contributed by atoms with van der Waals surface area (Å²) in [5.74, 6) is -4.27. The van der Waals surface area contributed by atoms with Crippen LogP contribution in [0.25, 0.3) is 0 Å². The van der Waals surface area contributed by atoms with Crippen LogP contribution in [0, 0.1) is 0 Å². The minimum Gasteiger partial charge on any atom is -0.480 e. The Kier molecular flexibility index (Phi) is 11.2. The first-order chi connectivity index (χ1) is 18.8. The van der Waals surface area contributed by atoms with Crippen molar-refractivity contribution < 1.29 is 47.3 Å². The van der Waals surface area contributed by atoms with Crippen molar-refractivity contribution in [2.75, 3.05) is 11.4 Å². The Morgan fingerprint density at radius 2 is 1.48 bits per heavy atom. The smallest absolute Gasteiger partial charge is 0.480 e. The molecule has 1 aliphatic heterocycles. The number of rotatable bonds is 5. The van der Waals surface area contributed by atoms with E-state index in [1.165, 1.54) is 0 Å². The number of primary amides is 1. The molecule has 0 aliphatic carbocycles. The van der Waals surface area contributed by atoms with Crippen LogP contribution >= 0.6 is 0 Å². The Balaban J connectivity index is 0.000000259. The number of hydrogen-bond acceptors (Lipinski definition) is 6. The molecule has 0 saturated heterocycles. The number of carbonyl (C=O) groups excluding carboxylic acids is 2. The van der Waals surface area contributed by atoms with Gasteiger partial charge >= 0.3 is 24.2 Å². The SMILES string of the molecule is NC(=O)c1ccc2c(c1)N(C(=O)OCc1ccccc1)CC2.N[C@@H](C(=O)O)c1ccccc1.O=C(O)C(F)(F)F. The molecule has 2 amide bonds. The second kappa shape index (κ2) is 14.3. The first kappa shape index (κ1) is 31.3. The molecule has 1 heterocycles. The summed E-state index contributed by atoms with van der Waals surface area (Å²) < 4.78 is 37.1. The van der Waals surface area contributed by atoms with Gasteiger partial charge in [-0.1, -0.05) is 66.7 Å². The second-order valence-electron chi connectivity index (χ2n) is 8.18. The van der Waals surface area contributed by atoms with Gasteiger partial charge in [-0.2, -0.15) is 13.2 Å². The molecule has 3 aromatic rings. The van der Waals surface area contributed by atoms with E-state index in [1.54, 1.807) is 41.3 Å². The van der Waals surface area contributed by atoms with Gasteiger partial charge in [-0.25, -0.2) is 9.59 Å². The number of amides is 2. The average molecular weight is 562 g/mol. The van der Waals surface area contributed by atoms with Gasteiger partial charge in [-0.05, 0) is 35.2 Å². The molecule has 1 aliphatic rings. The van der Waals surface area contributed by atoms with Crippen LogP contribution in [0.1, 0.15) is 33.1 Å². The molecule has 0 bridgehead atoms. The fourth-order valence-electron chi connectivity index (χ4n) is 3.32. The van der Waals surface area contributed by atoms with Crippen LogP contribution in [0.4, 0.5) is 23.7 Å². The zero-order valence-corrected chi connectivity index (χ0v) is 20.9. The Labute approximate surface area is 226 Å². The van der Waals surface area contributed by atoms with E-state index >= 15 is 0 Å². The third kappa shape index (κ3) is 9.44. The molecule has 1 atom stereocenters. The van der Waals surface area contributed by atoms with E-state index in [0.717, 1.165) is 17.5 Å². The van der Waals surface area contributed by atoms with Crippen LogP contribution in [0.2, 0.25) is 0 Å². The minimum absolute atomic E-state index is 0.223. The summed E-state index contributed by atoms with van der Waals surface area (Å²) in [7, 11) is 0. The summed E-state index contributed by atoms with van der Waals surface area (Å²) in [6, 6.07) is 22.5. The number of halogens is 3. The first-order valence-corrected chi connectivity index (χ1v) is 11.6. The second-order valence-corrected chi connectivity index (χ2v) is 8.18. The van der Waals surface area contributed by atoms with E-state index < -0.39 is 36.2 Å². The number of alkyl halides is 3. The Bertz CT molecular complexity index is 1320. The van der Waals surface area contributed by atoms with Gasteiger partial charge in [0.05, 0.1) is 5.69 Å². The summed E-state index contributed by atoms with van der Waals surface area (Å²) in [4.78, 5) is 44.3. The predicted octanol–water partition coefficient (Wildman–Crippen LogP) is 3.89. The van der Waals surface area contributed by atoms with Crippen molar-refractivity contribution in [2.45, 2.75) is 25.2 Å². The van der Waals surface area contributed by atoms with Gasteiger partial charge in [-0.3, -0.25) is 14.5 Å². The van der Waals surface area contributed by atoms with Crippen LogP contribution < -0.4 is 16.4 Å². The van der Waals surface area contributed by atoms with Crippen LogP contribution in [0.15, 0.2) is 78.9 Å². The number of benzene rings is 3. The summed E-state index contributed by atoms with van der Waals surface area (Å²) in [6.45, 7) is 0.770. The molecule has 0 saturated carbocycles. The number of nitrogens with two attached hydrogens (primary N) is 2. The highest BCUT2D eigenvalue weighted by molar-refractivity contribution is 5.97. The number of carboxylic acid groups (broad SMARTS) is 2. The lowest BCUT2D eigenvalue weighted by molar-refractivity contribution is -0.192. The number of anilines is 1. The Morgan fingerprint density at radius 1 is 0.925 bits per heavy atom. The van der Waals surface area contributed by atoms with Crippen LogP contribution in [-0.4, -0.2) is 46.9 Å². The molecule has 4 rings (SSSR count). The van der Waals surface area contributed by atoms with Crippen LogP contribution in [0.3, 0.4) is 0 Å². The normalized spacial score (nSPS) is 12.4. The van der Waals surface area contributed by atoms with Crippen molar-refractivity contribution in [1.29, 1.82) is 0 Å². The van der Waals surface area contributed by atoms with E-state index in [1.807, 2.05) is 42.5 Å². The van der Waals surface area contributed by atoms with Gasteiger partial charge < -0.3 is 26.4 Å². The summed E-state index contributed by atoms with van der Waals surface area (Å²) >= 11 is 0. The lowest BCUT2D eigenvalue weighted by atomic mass is 10.1. The standard InChI is InChI=1S/C17H16N2O3.C8H9NO2.C2HF3O2/c18-16(20)14-7-6-13-8-9-19(15(13)10-14)17(21)22-11-12-4-2-1-3-5-12;9-7(8(10)11)6-4-2-1-3-5-6;3-2(4,5)1(6)7/h1-7,10H,8-9,11H2,(H2,18,20);1-5,7H,9H2,(H,10,11);(H,6,7)/t;7-;/m.1./s1. The van der Waals surface area contributed by atoms with Crippen molar-refractivity contribution in [3.8, 4) is 0 Å². The predicted molar refractivity (Wildman–Crippen MR) is 137 cm³/mol. The molecule has 40 heavy (non-hydrogen) atoms. The number of fused-ring (bicyclic) bond motifs is 1. The molecular formula is C27H26F3N3O7. The number of carbonyl (C=O) groups is 4. The lowest BCUT2D eigenvalue weighted by Crippen LogP contribution is -2.29. The van der Waals surface area contributed by atoms with Gasteiger partial charge in [-0.15, -0.1) is 0 Å². The number of nitrogens with zero attached hydrogens (tertiary/aromatic N) is 1. The Hall–Kier alpha value is -4.91. The maximum Gasteiger partial charge on any atom is 0.490 e. The van der Waals surface area contributed by atoms with E-state index in [4.69, 9.17) is 31.2 Å². The number of hydrogen-bond donors (Lipinski definition) is 4. The van der Waals surface area contributed by atoms with Gasteiger partial charge in [0.15, 0.2) is 0 Å². The fourth-order valence-corrected chi connectivity index (χ4v) is 3.32. The molecule has 0 radical (unpaired) electrons. The number of aliphatic carboxylic acids is 2. The monoisotopic (exact) mass is 561 g/mol. The van der Waals surface area contributed by atoms with Gasteiger partial charge in [0.1, 0.15) is 12.6 Å². The van der Waals surface area contributed by atoms with Gasteiger partial charge in [0.2, 0.25) is 5.91 Å². The molecule has 0 fully saturated rings. The number of ether oxygens (including phenoxy) is 1. The van der Waals surface area contributed by atoms with E-state index in [-0.39, 0.29) is 6.61 Å². The molecule has 3 aromatic carbocycles. The highest BCUT2D eigenvalue weighted by Crippen LogP contribution is 2.29. The number of carboxylic acids is 2. The minimum atomic E-state index is -5.08. The third-order valence-corrected chi connectivity index (χ3v) is 5.36.